The SMILES string of the molecule is Cc1nn(C/C(F)=C/CN)c(C)c1Cc1ccc(CN(C)C)cc1. The summed E-state index contributed by atoms with van der Waals surface area (Å²) < 4.78 is 15.4. The number of nitrogens with two attached hydrogens (primary N) is 1. The van der Waals surface area contributed by atoms with Crippen LogP contribution in [0.1, 0.15) is 28.1 Å². The van der Waals surface area contributed by atoms with Gasteiger partial charge in [-0.25, -0.2) is 4.39 Å². The molecule has 0 spiro atoms. The van der Waals surface area contributed by atoms with Crippen LogP contribution in [-0.2, 0) is 19.5 Å². The quantitative estimate of drug-likeness (QED) is 0.849. The number of hydrogen-bond acceptors (Lipinski definition) is 3. The van der Waals surface area contributed by atoms with Crippen molar-refractivity contribution in [3.63, 3.8) is 0 Å². The highest BCUT2D eigenvalue weighted by Crippen LogP contribution is 2.19. The molecule has 0 amide bonds. The molecule has 5 heteroatoms. The van der Waals surface area contributed by atoms with E-state index in [9.17, 15) is 4.39 Å². The van der Waals surface area contributed by atoms with Gasteiger partial charge in [0.2, 0.25) is 0 Å². The second-order valence-electron chi connectivity index (χ2n) is 6.42. The maximum Gasteiger partial charge on any atom is 0.119 e. The molecule has 0 unspecified atom stereocenters. The molecule has 0 aliphatic carbocycles. The summed E-state index contributed by atoms with van der Waals surface area (Å²) >= 11 is 0. The highest BCUT2D eigenvalue weighted by molar-refractivity contribution is 5.33. The lowest BCUT2D eigenvalue weighted by molar-refractivity contribution is 0.402. The van der Waals surface area contributed by atoms with Crippen molar-refractivity contribution in [3.05, 3.63) is 64.2 Å². The third kappa shape index (κ3) is 4.76. The van der Waals surface area contributed by atoms with Gasteiger partial charge in [-0.3, -0.25) is 4.68 Å². The Labute approximate surface area is 143 Å². The lowest BCUT2D eigenvalue weighted by Gasteiger charge is -2.10. The summed E-state index contributed by atoms with van der Waals surface area (Å²) in [5.41, 5.74) is 11.0. The highest BCUT2D eigenvalue weighted by Gasteiger charge is 2.13. The fourth-order valence-electron chi connectivity index (χ4n) is 2.81. The molecule has 0 atom stereocenters. The van der Waals surface area contributed by atoms with Gasteiger partial charge in [-0.05, 0) is 45.1 Å². The van der Waals surface area contributed by atoms with E-state index in [2.05, 4.69) is 48.4 Å². The lowest BCUT2D eigenvalue weighted by Crippen LogP contribution is -2.10. The maximum absolute atomic E-state index is 13.7. The summed E-state index contributed by atoms with van der Waals surface area (Å²) in [6.07, 6.45) is 2.20. The first-order chi connectivity index (χ1) is 11.4. The molecule has 0 fully saturated rings. The van der Waals surface area contributed by atoms with Crippen LogP contribution in [0.2, 0.25) is 0 Å². The standard InChI is InChI=1S/C19H27FN4/c1-14-19(15(2)24(22-14)13-18(20)9-10-21)11-16-5-7-17(8-6-16)12-23(3)4/h5-9H,10-13,21H2,1-4H3/b18-9-. The van der Waals surface area contributed by atoms with Crippen LogP contribution >= 0.6 is 0 Å². The molecule has 0 saturated heterocycles. The number of rotatable bonds is 7. The molecule has 0 bridgehead atoms. The van der Waals surface area contributed by atoms with Crippen LogP contribution in [0.15, 0.2) is 36.2 Å². The molecule has 0 aliphatic heterocycles. The third-order valence-electron chi connectivity index (χ3n) is 4.07. The van der Waals surface area contributed by atoms with Crippen LogP contribution in [-0.4, -0.2) is 35.3 Å². The van der Waals surface area contributed by atoms with Crippen LogP contribution < -0.4 is 5.73 Å². The minimum Gasteiger partial charge on any atom is -0.327 e. The van der Waals surface area contributed by atoms with Crippen molar-refractivity contribution in [2.24, 2.45) is 5.73 Å². The number of hydrogen-bond donors (Lipinski definition) is 1. The van der Waals surface area contributed by atoms with E-state index in [0.717, 1.165) is 29.9 Å². The number of benzene rings is 1. The molecule has 0 saturated carbocycles. The smallest absolute Gasteiger partial charge is 0.119 e. The summed E-state index contributed by atoms with van der Waals surface area (Å²) in [5, 5.41) is 4.47. The van der Waals surface area contributed by atoms with E-state index < -0.39 is 0 Å². The molecule has 2 rings (SSSR count). The molecular formula is C19H27FN4. The van der Waals surface area contributed by atoms with Crippen molar-refractivity contribution < 1.29 is 4.39 Å². The molecule has 2 aromatic rings. The Balaban J connectivity index is 2.15. The molecule has 1 aromatic carbocycles. The van der Waals surface area contributed by atoms with E-state index in [-0.39, 0.29) is 18.9 Å². The molecule has 130 valence electrons. The van der Waals surface area contributed by atoms with Crippen molar-refractivity contribution in [1.29, 1.82) is 0 Å². The van der Waals surface area contributed by atoms with Gasteiger partial charge in [0, 0.05) is 30.8 Å². The van der Waals surface area contributed by atoms with Gasteiger partial charge in [0.05, 0.1) is 12.2 Å². The summed E-state index contributed by atoms with van der Waals surface area (Å²) in [5.74, 6) is -0.248. The van der Waals surface area contributed by atoms with Crippen molar-refractivity contribution in [1.82, 2.24) is 14.7 Å². The fourth-order valence-corrected chi connectivity index (χ4v) is 2.81. The molecule has 1 aromatic heterocycles. The average molecular weight is 330 g/mol. The topological polar surface area (TPSA) is 47.1 Å². The van der Waals surface area contributed by atoms with Gasteiger partial charge in [0.1, 0.15) is 5.83 Å². The van der Waals surface area contributed by atoms with E-state index in [1.54, 1.807) is 4.68 Å². The van der Waals surface area contributed by atoms with Crippen LogP contribution in [0.5, 0.6) is 0 Å². The van der Waals surface area contributed by atoms with E-state index >= 15 is 0 Å². The van der Waals surface area contributed by atoms with E-state index in [0.29, 0.717) is 0 Å². The van der Waals surface area contributed by atoms with Gasteiger partial charge < -0.3 is 10.6 Å². The summed E-state index contributed by atoms with van der Waals surface area (Å²) in [6, 6.07) is 8.63. The van der Waals surface area contributed by atoms with E-state index in [1.807, 2.05) is 13.8 Å². The highest BCUT2D eigenvalue weighted by atomic mass is 19.1. The van der Waals surface area contributed by atoms with Crippen LogP contribution in [0.4, 0.5) is 4.39 Å². The van der Waals surface area contributed by atoms with Gasteiger partial charge in [-0.15, -0.1) is 0 Å². The molecule has 0 aliphatic rings. The Morgan fingerprint density at radius 2 is 1.83 bits per heavy atom. The first-order valence-corrected chi connectivity index (χ1v) is 8.20. The lowest BCUT2D eigenvalue weighted by atomic mass is 10.0. The normalized spacial score (nSPS) is 12.2. The Hall–Kier alpha value is -1.98. The number of aromatic nitrogens is 2. The van der Waals surface area contributed by atoms with Crippen LogP contribution in [0.3, 0.4) is 0 Å². The van der Waals surface area contributed by atoms with Crippen molar-refractivity contribution in [2.45, 2.75) is 33.4 Å². The van der Waals surface area contributed by atoms with E-state index in [1.165, 1.54) is 17.2 Å². The third-order valence-corrected chi connectivity index (χ3v) is 4.07. The number of nitrogens with zero attached hydrogens (tertiary/aromatic N) is 3. The molecule has 2 N–H and O–H groups in total. The second-order valence-corrected chi connectivity index (χ2v) is 6.42. The molecule has 24 heavy (non-hydrogen) atoms. The van der Waals surface area contributed by atoms with Crippen LogP contribution in [0, 0.1) is 13.8 Å². The molecular weight excluding hydrogens is 303 g/mol. The Kier molecular flexibility index (Phi) is 6.29. The summed E-state index contributed by atoms with van der Waals surface area (Å²) in [4.78, 5) is 2.15. The minimum atomic E-state index is -0.248. The van der Waals surface area contributed by atoms with Gasteiger partial charge in [0.25, 0.3) is 0 Å². The molecule has 1 heterocycles. The van der Waals surface area contributed by atoms with Crippen molar-refractivity contribution in [3.8, 4) is 0 Å². The number of halogens is 1. The Bertz CT molecular complexity index is 699. The Morgan fingerprint density at radius 1 is 1.21 bits per heavy atom. The summed E-state index contributed by atoms with van der Waals surface area (Å²) in [7, 11) is 4.13. The predicted molar refractivity (Wildman–Crippen MR) is 96.6 cm³/mol. The second kappa shape index (κ2) is 8.22. The molecule has 0 radical (unpaired) electrons. The number of aryl methyl sites for hydroxylation is 1. The first kappa shape index (κ1) is 18.4. The monoisotopic (exact) mass is 330 g/mol. The van der Waals surface area contributed by atoms with Crippen LogP contribution in [0.25, 0.3) is 0 Å². The fraction of sp³-hybridized carbons (Fsp3) is 0.421. The molecule has 4 nitrogen and oxygen atoms in total. The largest absolute Gasteiger partial charge is 0.327 e. The first-order valence-electron chi connectivity index (χ1n) is 8.20. The predicted octanol–water partition coefficient (Wildman–Crippen LogP) is 2.96. The van der Waals surface area contributed by atoms with Crippen molar-refractivity contribution in [2.75, 3.05) is 20.6 Å². The zero-order chi connectivity index (χ0) is 17.7. The number of allylic oxidation sites excluding steroid dienone is 1. The van der Waals surface area contributed by atoms with Gasteiger partial charge in [-0.1, -0.05) is 24.3 Å². The van der Waals surface area contributed by atoms with Gasteiger partial charge >= 0.3 is 0 Å². The van der Waals surface area contributed by atoms with Crippen molar-refractivity contribution >= 4 is 0 Å². The van der Waals surface area contributed by atoms with E-state index in [4.69, 9.17) is 5.73 Å². The Morgan fingerprint density at radius 3 is 2.42 bits per heavy atom. The zero-order valence-corrected chi connectivity index (χ0v) is 15.0. The zero-order valence-electron chi connectivity index (χ0n) is 15.0. The average Bonchev–Trinajstić information content (AvgIpc) is 2.76. The minimum absolute atomic E-state index is 0.144. The van der Waals surface area contributed by atoms with Gasteiger partial charge in [0.15, 0.2) is 0 Å². The maximum atomic E-state index is 13.7. The van der Waals surface area contributed by atoms with Gasteiger partial charge in [-0.2, -0.15) is 5.10 Å². The summed E-state index contributed by atoms with van der Waals surface area (Å²) in [6.45, 7) is 5.25.